The predicted molar refractivity (Wildman–Crippen MR) is 115 cm³/mol. The Morgan fingerprint density at radius 3 is 2.59 bits per heavy atom. The third-order valence-corrected chi connectivity index (χ3v) is 4.80. The Kier molecular flexibility index (Phi) is 6.74. The van der Waals surface area contributed by atoms with Crippen molar-refractivity contribution in [2.45, 2.75) is 26.3 Å². The molecule has 0 spiro atoms. The van der Waals surface area contributed by atoms with Gasteiger partial charge in [0.25, 0.3) is 5.91 Å². The van der Waals surface area contributed by atoms with E-state index in [4.69, 9.17) is 0 Å². The molecule has 0 fully saturated rings. The summed E-state index contributed by atoms with van der Waals surface area (Å²) in [6.45, 7) is 6.33. The molecule has 3 rings (SSSR count). The van der Waals surface area contributed by atoms with Crippen LogP contribution in [-0.2, 0) is 19.4 Å². The lowest BCUT2D eigenvalue weighted by molar-refractivity contribution is 0.0955. The Morgan fingerprint density at radius 2 is 1.90 bits per heavy atom. The van der Waals surface area contributed by atoms with Gasteiger partial charge in [0.05, 0.1) is 12.2 Å². The molecular weight excluding hydrogens is 362 g/mol. The topological polar surface area (TPSA) is 64.0 Å². The van der Waals surface area contributed by atoms with Crippen LogP contribution in [0.2, 0.25) is 0 Å². The van der Waals surface area contributed by atoms with Crippen LogP contribution in [0, 0.1) is 6.92 Å². The predicted octanol–water partition coefficient (Wildman–Crippen LogP) is 3.30. The van der Waals surface area contributed by atoms with Crippen molar-refractivity contribution in [2.75, 3.05) is 6.54 Å². The van der Waals surface area contributed by atoms with Gasteiger partial charge in [0.2, 0.25) is 0 Å². The van der Waals surface area contributed by atoms with E-state index in [0.717, 1.165) is 29.1 Å². The molecular formula is C24H25N3O2. The van der Waals surface area contributed by atoms with Crippen LogP contribution in [0.5, 0.6) is 0 Å². The standard InChI is InChI=1S/C24H25N3O2/c1-3-14-26-24(29)23-21(13-12-19-9-5-4-6-10-19)27(18(2)16-22(23)28)17-20-11-7-8-15-25-20/h3-11,15-16H,1,12-14,17H2,2H3,(H,26,29). The van der Waals surface area contributed by atoms with Crippen LogP contribution in [0.4, 0.5) is 0 Å². The fraction of sp³-hybridized carbons (Fsp3) is 0.208. The lowest BCUT2D eigenvalue weighted by Crippen LogP contribution is -2.33. The van der Waals surface area contributed by atoms with Gasteiger partial charge in [-0.05, 0) is 37.5 Å². The lowest BCUT2D eigenvalue weighted by Gasteiger charge is -2.20. The van der Waals surface area contributed by atoms with Gasteiger partial charge in [0, 0.05) is 30.2 Å². The van der Waals surface area contributed by atoms with Crippen molar-refractivity contribution in [1.82, 2.24) is 14.9 Å². The quantitative estimate of drug-likeness (QED) is 0.603. The molecule has 1 N–H and O–H groups in total. The van der Waals surface area contributed by atoms with Crippen molar-refractivity contribution in [2.24, 2.45) is 0 Å². The van der Waals surface area contributed by atoms with Gasteiger partial charge >= 0.3 is 0 Å². The monoisotopic (exact) mass is 387 g/mol. The molecule has 0 bridgehead atoms. The molecule has 148 valence electrons. The van der Waals surface area contributed by atoms with E-state index in [1.807, 2.05) is 47.9 Å². The molecule has 0 unspecified atom stereocenters. The molecule has 3 aromatic rings. The first-order valence-corrected chi connectivity index (χ1v) is 9.66. The zero-order chi connectivity index (χ0) is 20.6. The van der Waals surface area contributed by atoms with Crippen molar-refractivity contribution in [3.8, 4) is 0 Å². The SMILES string of the molecule is C=CCNC(=O)c1c(CCc2ccccc2)n(Cc2ccccn2)c(C)cc1=O. The molecule has 0 aliphatic rings. The summed E-state index contributed by atoms with van der Waals surface area (Å²) in [5, 5.41) is 2.75. The first kappa shape index (κ1) is 20.3. The average molecular weight is 387 g/mol. The Labute approximate surface area is 170 Å². The van der Waals surface area contributed by atoms with E-state index < -0.39 is 0 Å². The summed E-state index contributed by atoms with van der Waals surface area (Å²) in [5.74, 6) is -0.368. The Morgan fingerprint density at radius 1 is 1.14 bits per heavy atom. The maximum Gasteiger partial charge on any atom is 0.257 e. The molecule has 5 nitrogen and oxygen atoms in total. The molecule has 29 heavy (non-hydrogen) atoms. The molecule has 0 saturated carbocycles. The zero-order valence-corrected chi connectivity index (χ0v) is 16.6. The number of nitrogens with zero attached hydrogens (tertiary/aromatic N) is 2. The van der Waals surface area contributed by atoms with E-state index in [-0.39, 0.29) is 16.9 Å². The molecule has 0 radical (unpaired) electrons. The summed E-state index contributed by atoms with van der Waals surface area (Å²) >= 11 is 0. The van der Waals surface area contributed by atoms with E-state index >= 15 is 0 Å². The van der Waals surface area contributed by atoms with Gasteiger partial charge in [-0.3, -0.25) is 14.6 Å². The molecule has 0 saturated heterocycles. The molecule has 1 amide bonds. The number of carbonyl (C=O) groups excluding carboxylic acids is 1. The number of hydrogen-bond donors (Lipinski definition) is 1. The number of aryl methyl sites for hydroxylation is 2. The highest BCUT2D eigenvalue weighted by Gasteiger charge is 2.20. The Bertz CT molecular complexity index is 1040. The summed E-state index contributed by atoms with van der Waals surface area (Å²) in [6, 6.07) is 17.3. The first-order valence-electron chi connectivity index (χ1n) is 9.66. The summed E-state index contributed by atoms with van der Waals surface area (Å²) < 4.78 is 2.02. The van der Waals surface area contributed by atoms with Crippen LogP contribution in [0.3, 0.4) is 0 Å². The van der Waals surface area contributed by atoms with Gasteiger partial charge in [-0.15, -0.1) is 6.58 Å². The van der Waals surface area contributed by atoms with Crippen molar-refractivity contribution in [3.63, 3.8) is 0 Å². The molecule has 2 aromatic heterocycles. The van der Waals surface area contributed by atoms with E-state index in [9.17, 15) is 9.59 Å². The second-order valence-electron chi connectivity index (χ2n) is 6.86. The minimum absolute atomic E-state index is 0.198. The summed E-state index contributed by atoms with van der Waals surface area (Å²) in [5.41, 5.74) is 3.50. The Balaban J connectivity index is 2.05. The minimum Gasteiger partial charge on any atom is -0.348 e. The van der Waals surface area contributed by atoms with Crippen LogP contribution in [0.1, 0.15) is 33.0 Å². The molecule has 0 atom stereocenters. The van der Waals surface area contributed by atoms with E-state index in [0.29, 0.717) is 19.5 Å². The third kappa shape index (κ3) is 5.08. The largest absolute Gasteiger partial charge is 0.348 e. The smallest absolute Gasteiger partial charge is 0.257 e. The van der Waals surface area contributed by atoms with Crippen LogP contribution in [0.25, 0.3) is 0 Å². The van der Waals surface area contributed by atoms with E-state index in [1.165, 1.54) is 6.07 Å². The average Bonchev–Trinajstić information content (AvgIpc) is 2.74. The van der Waals surface area contributed by atoms with Gasteiger partial charge in [0.1, 0.15) is 5.56 Å². The fourth-order valence-electron chi connectivity index (χ4n) is 3.37. The molecule has 0 aliphatic heterocycles. The fourth-order valence-corrected chi connectivity index (χ4v) is 3.37. The number of nitrogens with one attached hydrogen (secondary N) is 1. The van der Waals surface area contributed by atoms with Crippen LogP contribution in [-0.4, -0.2) is 22.0 Å². The highest BCUT2D eigenvalue weighted by Crippen LogP contribution is 2.15. The number of benzene rings is 1. The van der Waals surface area contributed by atoms with Crippen LogP contribution in [0.15, 0.2) is 78.2 Å². The summed E-state index contributed by atoms with van der Waals surface area (Å²) in [6.07, 6.45) is 4.65. The highest BCUT2D eigenvalue weighted by molar-refractivity contribution is 5.95. The van der Waals surface area contributed by atoms with Crippen molar-refractivity contribution >= 4 is 5.91 Å². The second-order valence-corrected chi connectivity index (χ2v) is 6.86. The molecule has 2 heterocycles. The van der Waals surface area contributed by atoms with E-state index in [2.05, 4.69) is 29.0 Å². The lowest BCUT2D eigenvalue weighted by atomic mass is 10.0. The summed E-state index contributed by atoms with van der Waals surface area (Å²) in [7, 11) is 0. The van der Waals surface area contributed by atoms with Gasteiger partial charge < -0.3 is 9.88 Å². The van der Waals surface area contributed by atoms with Gasteiger partial charge in [-0.2, -0.15) is 0 Å². The van der Waals surface area contributed by atoms with Crippen LogP contribution < -0.4 is 10.7 Å². The number of rotatable bonds is 8. The van der Waals surface area contributed by atoms with Gasteiger partial charge in [0.15, 0.2) is 5.43 Å². The van der Waals surface area contributed by atoms with Gasteiger partial charge in [-0.25, -0.2) is 0 Å². The van der Waals surface area contributed by atoms with E-state index in [1.54, 1.807) is 12.3 Å². The number of pyridine rings is 2. The number of aromatic nitrogens is 2. The number of amides is 1. The van der Waals surface area contributed by atoms with Crippen LogP contribution >= 0.6 is 0 Å². The number of hydrogen-bond acceptors (Lipinski definition) is 3. The number of carbonyl (C=O) groups is 1. The maximum absolute atomic E-state index is 12.8. The molecule has 5 heteroatoms. The molecule has 0 aliphatic carbocycles. The van der Waals surface area contributed by atoms with Crippen molar-refractivity contribution < 1.29 is 4.79 Å². The Hall–Kier alpha value is -3.47. The zero-order valence-electron chi connectivity index (χ0n) is 16.6. The van der Waals surface area contributed by atoms with Crippen molar-refractivity contribution in [1.29, 1.82) is 0 Å². The van der Waals surface area contributed by atoms with Crippen molar-refractivity contribution in [3.05, 3.63) is 112 Å². The summed E-state index contributed by atoms with van der Waals surface area (Å²) in [4.78, 5) is 30.0. The minimum atomic E-state index is -0.368. The first-order chi connectivity index (χ1) is 14.1. The third-order valence-electron chi connectivity index (χ3n) is 4.80. The maximum atomic E-state index is 12.8. The van der Waals surface area contributed by atoms with Gasteiger partial charge in [-0.1, -0.05) is 42.5 Å². The second kappa shape index (κ2) is 9.64. The highest BCUT2D eigenvalue weighted by atomic mass is 16.2. The molecule has 1 aromatic carbocycles. The normalized spacial score (nSPS) is 10.5.